The van der Waals surface area contributed by atoms with E-state index in [1.165, 1.54) is 5.56 Å². The number of hydrogen-bond donors (Lipinski definition) is 0. The highest BCUT2D eigenvalue weighted by Crippen LogP contribution is 2.36. The molecule has 0 spiro atoms. The van der Waals surface area contributed by atoms with Crippen molar-refractivity contribution in [3.8, 4) is 17.2 Å². The zero-order valence-electron chi connectivity index (χ0n) is 16.2. The molecule has 0 atom stereocenters. The minimum atomic E-state index is -0.0315. The van der Waals surface area contributed by atoms with Crippen molar-refractivity contribution in [2.24, 2.45) is 0 Å². The number of amides is 1. The highest BCUT2D eigenvalue weighted by molar-refractivity contribution is 6.30. The minimum Gasteiger partial charge on any atom is -0.493 e. The van der Waals surface area contributed by atoms with Gasteiger partial charge in [-0.1, -0.05) is 29.8 Å². The number of halogens is 1. The van der Waals surface area contributed by atoms with Gasteiger partial charge in [0.25, 0.3) is 5.91 Å². The van der Waals surface area contributed by atoms with Crippen LogP contribution in [0.25, 0.3) is 0 Å². The van der Waals surface area contributed by atoms with E-state index in [1.807, 2.05) is 29.2 Å². The molecular weight excluding hydrogens is 380 g/mol. The van der Waals surface area contributed by atoms with E-state index in [0.29, 0.717) is 30.3 Å². The summed E-state index contributed by atoms with van der Waals surface area (Å²) in [5.74, 6) is 1.53. The number of rotatable bonds is 7. The Bertz CT molecular complexity index is 789. The van der Waals surface area contributed by atoms with E-state index in [4.69, 9.17) is 25.8 Å². The van der Waals surface area contributed by atoms with Gasteiger partial charge >= 0.3 is 0 Å². The fourth-order valence-corrected chi connectivity index (χ4v) is 3.33. The van der Waals surface area contributed by atoms with E-state index in [-0.39, 0.29) is 12.5 Å². The average Bonchev–Trinajstić information content (AvgIpc) is 2.73. The molecule has 2 aromatic rings. The maximum absolute atomic E-state index is 12.5. The minimum absolute atomic E-state index is 0.0271. The number of carbonyl (C=O) groups is 1. The summed E-state index contributed by atoms with van der Waals surface area (Å²) in [6.45, 7) is 3.86. The molecule has 1 heterocycles. The lowest BCUT2D eigenvalue weighted by molar-refractivity contribution is -0.135. The predicted octanol–water partition coefficient (Wildman–Crippen LogP) is 3.08. The normalized spacial score (nSPS) is 14.6. The number of nitrogens with zero attached hydrogens (tertiary/aromatic N) is 2. The summed E-state index contributed by atoms with van der Waals surface area (Å²) in [7, 11) is 3.11. The molecule has 2 aromatic carbocycles. The van der Waals surface area contributed by atoms with Gasteiger partial charge in [0.2, 0.25) is 5.75 Å². The van der Waals surface area contributed by atoms with Crippen molar-refractivity contribution in [3.63, 3.8) is 0 Å². The Hall–Kier alpha value is -2.44. The molecule has 1 aliphatic heterocycles. The Morgan fingerprint density at radius 3 is 2.29 bits per heavy atom. The second-order valence-electron chi connectivity index (χ2n) is 6.56. The van der Waals surface area contributed by atoms with E-state index in [0.717, 1.165) is 24.7 Å². The number of hydrogen-bond acceptors (Lipinski definition) is 5. The summed E-state index contributed by atoms with van der Waals surface area (Å²) in [5.41, 5.74) is 1.22. The van der Waals surface area contributed by atoms with Crippen molar-refractivity contribution in [1.82, 2.24) is 9.80 Å². The standard InChI is InChI=1S/C21H25ClN2O4/c1-26-18-4-3-5-19(21(18)27-2)28-15-20(25)24-12-10-23(11-13-24)14-16-6-8-17(22)9-7-16/h3-9H,10-15H2,1-2H3. The van der Waals surface area contributed by atoms with Gasteiger partial charge in [0, 0.05) is 37.7 Å². The lowest BCUT2D eigenvalue weighted by Crippen LogP contribution is -2.49. The molecule has 3 rings (SSSR count). The van der Waals surface area contributed by atoms with E-state index in [2.05, 4.69) is 4.90 Å². The maximum Gasteiger partial charge on any atom is 0.260 e. The summed E-state index contributed by atoms with van der Waals surface area (Å²) < 4.78 is 16.3. The molecule has 28 heavy (non-hydrogen) atoms. The Morgan fingerprint density at radius 1 is 0.964 bits per heavy atom. The smallest absolute Gasteiger partial charge is 0.260 e. The van der Waals surface area contributed by atoms with Crippen molar-refractivity contribution in [2.75, 3.05) is 47.0 Å². The molecule has 7 heteroatoms. The van der Waals surface area contributed by atoms with Gasteiger partial charge in [-0.15, -0.1) is 0 Å². The van der Waals surface area contributed by atoms with Gasteiger partial charge in [0.1, 0.15) is 0 Å². The summed E-state index contributed by atoms with van der Waals surface area (Å²) in [6, 6.07) is 13.2. The molecule has 0 radical (unpaired) electrons. The summed E-state index contributed by atoms with van der Waals surface area (Å²) in [6.07, 6.45) is 0. The Labute approximate surface area is 170 Å². The number of methoxy groups -OCH3 is 2. The fourth-order valence-electron chi connectivity index (χ4n) is 3.21. The van der Waals surface area contributed by atoms with Crippen LogP contribution in [0.2, 0.25) is 5.02 Å². The van der Waals surface area contributed by atoms with Crippen LogP contribution in [0.1, 0.15) is 5.56 Å². The number of piperazine rings is 1. The summed E-state index contributed by atoms with van der Waals surface area (Å²) in [5, 5.41) is 0.742. The molecule has 0 bridgehead atoms. The first-order valence-corrected chi connectivity index (χ1v) is 9.57. The molecule has 0 aliphatic carbocycles. The Balaban J connectivity index is 1.48. The van der Waals surface area contributed by atoms with Crippen LogP contribution in [0.3, 0.4) is 0 Å². The monoisotopic (exact) mass is 404 g/mol. The van der Waals surface area contributed by atoms with Crippen LogP contribution in [0, 0.1) is 0 Å². The van der Waals surface area contributed by atoms with Crippen LogP contribution in [0.5, 0.6) is 17.2 Å². The van der Waals surface area contributed by atoms with Crippen LogP contribution in [-0.4, -0.2) is 62.7 Å². The first-order chi connectivity index (χ1) is 13.6. The van der Waals surface area contributed by atoms with Crippen molar-refractivity contribution in [1.29, 1.82) is 0 Å². The maximum atomic E-state index is 12.5. The largest absolute Gasteiger partial charge is 0.493 e. The lowest BCUT2D eigenvalue weighted by atomic mass is 10.2. The van der Waals surface area contributed by atoms with Gasteiger partial charge in [0.05, 0.1) is 14.2 Å². The SMILES string of the molecule is COc1cccc(OCC(=O)N2CCN(Cc3ccc(Cl)cc3)CC2)c1OC. The third kappa shape index (κ3) is 5.09. The first-order valence-electron chi connectivity index (χ1n) is 9.19. The molecule has 1 amide bonds. The lowest BCUT2D eigenvalue weighted by Gasteiger charge is -2.34. The molecule has 0 saturated carbocycles. The van der Waals surface area contributed by atoms with Crippen LogP contribution in [0.15, 0.2) is 42.5 Å². The molecule has 6 nitrogen and oxygen atoms in total. The van der Waals surface area contributed by atoms with Gasteiger partial charge in [-0.3, -0.25) is 9.69 Å². The first kappa shape index (κ1) is 20.3. The van der Waals surface area contributed by atoms with Crippen molar-refractivity contribution in [3.05, 3.63) is 53.1 Å². The Kier molecular flexibility index (Phi) is 7.01. The number of para-hydroxylation sites is 1. The number of ether oxygens (including phenoxy) is 3. The van der Waals surface area contributed by atoms with Crippen LogP contribution in [-0.2, 0) is 11.3 Å². The molecule has 1 aliphatic rings. The molecule has 0 aromatic heterocycles. The van der Waals surface area contributed by atoms with E-state index < -0.39 is 0 Å². The highest BCUT2D eigenvalue weighted by atomic mass is 35.5. The second kappa shape index (κ2) is 9.66. The highest BCUT2D eigenvalue weighted by Gasteiger charge is 2.22. The predicted molar refractivity (Wildman–Crippen MR) is 108 cm³/mol. The van der Waals surface area contributed by atoms with Crippen LogP contribution in [0.4, 0.5) is 0 Å². The summed E-state index contributed by atoms with van der Waals surface area (Å²) in [4.78, 5) is 16.7. The van der Waals surface area contributed by atoms with E-state index in [1.54, 1.807) is 32.4 Å². The molecule has 1 fully saturated rings. The average molecular weight is 405 g/mol. The fraction of sp³-hybridized carbons (Fsp3) is 0.381. The van der Waals surface area contributed by atoms with Crippen molar-refractivity contribution >= 4 is 17.5 Å². The molecule has 0 N–H and O–H groups in total. The van der Waals surface area contributed by atoms with Gasteiger partial charge in [-0.25, -0.2) is 0 Å². The van der Waals surface area contributed by atoms with Gasteiger partial charge in [-0.2, -0.15) is 0 Å². The molecule has 0 unspecified atom stereocenters. The van der Waals surface area contributed by atoms with E-state index >= 15 is 0 Å². The zero-order chi connectivity index (χ0) is 19.9. The van der Waals surface area contributed by atoms with E-state index in [9.17, 15) is 4.79 Å². The van der Waals surface area contributed by atoms with Gasteiger partial charge < -0.3 is 19.1 Å². The Morgan fingerprint density at radius 2 is 1.64 bits per heavy atom. The third-order valence-corrected chi connectivity index (χ3v) is 5.01. The number of benzene rings is 2. The molecule has 1 saturated heterocycles. The molecule has 150 valence electrons. The third-order valence-electron chi connectivity index (χ3n) is 4.76. The van der Waals surface area contributed by atoms with Crippen molar-refractivity contribution < 1.29 is 19.0 Å². The summed E-state index contributed by atoms with van der Waals surface area (Å²) >= 11 is 5.93. The number of carbonyl (C=O) groups excluding carboxylic acids is 1. The molecular formula is C21H25ClN2O4. The zero-order valence-corrected chi connectivity index (χ0v) is 16.9. The van der Waals surface area contributed by atoms with Crippen LogP contribution < -0.4 is 14.2 Å². The van der Waals surface area contributed by atoms with Crippen molar-refractivity contribution in [2.45, 2.75) is 6.54 Å². The van der Waals surface area contributed by atoms with Gasteiger partial charge in [-0.05, 0) is 29.8 Å². The topological polar surface area (TPSA) is 51.2 Å². The quantitative estimate of drug-likeness (QED) is 0.709. The van der Waals surface area contributed by atoms with Gasteiger partial charge in [0.15, 0.2) is 18.1 Å². The second-order valence-corrected chi connectivity index (χ2v) is 7.00. The van der Waals surface area contributed by atoms with Crippen LogP contribution >= 0.6 is 11.6 Å².